The topological polar surface area (TPSA) is 78.1 Å². The molecule has 0 fully saturated rings. The zero-order valence-corrected chi connectivity index (χ0v) is 13.1. The molecule has 0 aliphatic heterocycles. The fourth-order valence-electron chi connectivity index (χ4n) is 1.91. The van der Waals surface area contributed by atoms with Gasteiger partial charge in [0.15, 0.2) is 5.03 Å². The lowest BCUT2D eigenvalue weighted by Gasteiger charge is -2.19. The lowest BCUT2D eigenvalue weighted by molar-refractivity contribution is 0.423. The van der Waals surface area contributed by atoms with Crippen LogP contribution in [0.2, 0.25) is 0 Å². The largest absolute Gasteiger partial charge is 0.316 e. The maximum Gasteiger partial charge on any atom is 0.260 e. The Bertz CT molecular complexity index is 634. The van der Waals surface area contributed by atoms with Crippen LogP contribution < -0.4 is 5.32 Å². The highest BCUT2D eigenvalue weighted by Crippen LogP contribution is 2.21. The van der Waals surface area contributed by atoms with Gasteiger partial charge in [0, 0.05) is 30.1 Å². The van der Waals surface area contributed by atoms with Crippen molar-refractivity contribution < 1.29 is 8.42 Å². The Labute approximate surface area is 122 Å². The van der Waals surface area contributed by atoms with E-state index in [0.29, 0.717) is 25.2 Å². The van der Waals surface area contributed by atoms with Gasteiger partial charge in [0.25, 0.3) is 10.0 Å². The number of aromatic amines is 1. The molecule has 2 N–H and O–H groups in total. The monoisotopic (exact) mass is 314 g/mol. The molecule has 0 amide bonds. The first kappa shape index (κ1) is 15.2. The summed E-state index contributed by atoms with van der Waals surface area (Å²) in [6, 6.07) is 3.85. The molecule has 0 aliphatic carbocycles. The van der Waals surface area contributed by atoms with Gasteiger partial charge in [0.05, 0.1) is 6.20 Å². The van der Waals surface area contributed by atoms with Crippen molar-refractivity contribution in [2.75, 3.05) is 13.6 Å². The molecular formula is C12H18N4O2S2. The van der Waals surface area contributed by atoms with Gasteiger partial charge in [0.2, 0.25) is 0 Å². The predicted molar refractivity (Wildman–Crippen MR) is 78.9 cm³/mol. The molecule has 0 unspecified atom stereocenters. The van der Waals surface area contributed by atoms with Gasteiger partial charge in [-0.1, -0.05) is 13.0 Å². The molecule has 0 saturated carbocycles. The SMILES string of the molecule is CCN(Cc1cccs1)S(=O)(=O)c1[nH]ncc1CNC. The molecule has 0 saturated heterocycles. The molecule has 0 bridgehead atoms. The number of hydrogen-bond donors (Lipinski definition) is 2. The molecule has 0 spiro atoms. The highest BCUT2D eigenvalue weighted by Gasteiger charge is 2.27. The van der Waals surface area contributed by atoms with Crippen molar-refractivity contribution in [2.24, 2.45) is 0 Å². The normalized spacial score (nSPS) is 12.2. The molecule has 110 valence electrons. The quantitative estimate of drug-likeness (QED) is 0.810. The van der Waals surface area contributed by atoms with Crippen molar-refractivity contribution >= 4 is 21.4 Å². The van der Waals surface area contributed by atoms with Crippen LogP contribution in [0.3, 0.4) is 0 Å². The van der Waals surface area contributed by atoms with E-state index in [2.05, 4.69) is 15.5 Å². The summed E-state index contributed by atoms with van der Waals surface area (Å²) in [5, 5.41) is 11.5. The Morgan fingerprint density at radius 3 is 2.90 bits per heavy atom. The highest BCUT2D eigenvalue weighted by atomic mass is 32.2. The van der Waals surface area contributed by atoms with Crippen molar-refractivity contribution in [3.63, 3.8) is 0 Å². The molecule has 0 aliphatic rings. The lowest BCUT2D eigenvalue weighted by Crippen LogP contribution is -2.31. The minimum absolute atomic E-state index is 0.172. The molecular weight excluding hydrogens is 296 g/mol. The van der Waals surface area contributed by atoms with Crippen LogP contribution in [-0.2, 0) is 23.1 Å². The molecule has 8 heteroatoms. The predicted octanol–water partition coefficient (Wildman–Crippen LogP) is 1.40. The first-order valence-electron chi connectivity index (χ1n) is 6.29. The number of nitrogens with one attached hydrogen (secondary N) is 2. The Hall–Kier alpha value is -1.22. The Morgan fingerprint density at radius 2 is 2.30 bits per heavy atom. The first-order valence-corrected chi connectivity index (χ1v) is 8.61. The molecule has 6 nitrogen and oxygen atoms in total. The van der Waals surface area contributed by atoms with Crippen molar-refractivity contribution in [1.29, 1.82) is 0 Å². The average Bonchev–Trinajstić information content (AvgIpc) is 3.07. The van der Waals surface area contributed by atoms with Crippen LogP contribution in [0, 0.1) is 0 Å². The van der Waals surface area contributed by atoms with Gasteiger partial charge in [-0.05, 0) is 18.5 Å². The van der Waals surface area contributed by atoms with E-state index in [1.165, 1.54) is 4.31 Å². The van der Waals surface area contributed by atoms with Gasteiger partial charge < -0.3 is 5.32 Å². The molecule has 0 atom stereocenters. The van der Waals surface area contributed by atoms with Crippen LogP contribution in [-0.4, -0.2) is 36.5 Å². The third kappa shape index (κ3) is 3.09. The van der Waals surface area contributed by atoms with E-state index in [-0.39, 0.29) is 5.03 Å². The smallest absolute Gasteiger partial charge is 0.260 e. The van der Waals surface area contributed by atoms with Crippen LogP contribution in [0.25, 0.3) is 0 Å². The van der Waals surface area contributed by atoms with Crippen molar-refractivity contribution in [3.05, 3.63) is 34.2 Å². The van der Waals surface area contributed by atoms with Gasteiger partial charge in [-0.15, -0.1) is 11.3 Å². The molecule has 20 heavy (non-hydrogen) atoms. The minimum atomic E-state index is -3.55. The maximum atomic E-state index is 12.7. The zero-order chi connectivity index (χ0) is 14.6. The zero-order valence-electron chi connectivity index (χ0n) is 11.5. The average molecular weight is 314 g/mol. The van der Waals surface area contributed by atoms with Crippen LogP contribution >= 0.6 is 11.3 Å². The van der Waals surface area contributed by atoms with Crippen molar-refractivity contribution in [3.8, 4) is 0 Å². The standard InChI is InChI=1S/C12H18N4O2S2/c1-3-16(9-11-5-4-6-19-11)20(17,18)12-10(7-13-2)8-14-15-12/h4-6,8,13H,3,7,9H2,1-2H3,(H,14,15). The van der Waals surface area contributed by atoms with E-state index in [1.54, 1.807) is 24.6 Å². The highest BCUT2D eigenvalue weighted by molar-refractivity contribution is 7.89. The number of aromatic nitrogens is 2. The van der Waals surface area contributed by atoms with Gasteiger partial charge in [-0.25, -0.2) is 8.42 Å². The lowest BCUT2D eigenvalue weighted by atomic mass is 10.4. The van der Waals surface area contributed by atoms with Crippen molar-refractivity contribution in [2.45, 2.75) is 25.0 Å². The van der Waals surface area contributed by atoms with E-state index in [9.17, 15) is 8.42 Å². The third-order valence-corrected chi connectivity index (χ3v) is 5.71. The van der Waals surface area contributed by atoms with E-state index in [1.807, 2.05) is 24.4 Å². The second-order valence-electron chi connectivity index (χ2n) is 4.27. The molecule has 0 radical (unpaired) electrons. The summed E-state index contributed by atoms with van der Waals surface area (Å²) in [7, 11) is -1.78. The fourth-order valence-corrected chi connectivity index (χ4v) is 4.24. The second-order valence-corrected chi connectivity index (χ2v) is 7.17. The summed E-state index contributed by atoms with van der Waals surface area (Å²) in [6.45, 7) is 3.09. The Morgan fingerprint density at radius 1 is 1.50 bits per heavy atom. The van der Waals surface area contributed by atoms with Gasteiger partial charge in [-0.2, -0.15) is 9.40 Å². The summed E-state index contributed by atoms with van der Waals surface area (Å²) < 4.78 is 26.8. The molecule has 0 aromatic carbocycles. The van der Waals surface area contributed by atoms with Gasteiger partial charge >= 0.3 is 0 Å². The van der Waals surface area contributed by atoms with Crippen LogP contribution in [0.1, 0.15) is 17.4 Å². The van der Waals surface area contributed by atoms with E-state index in [0.717, 1.165) is 4.88 Å². The first-order chi connectivity index (χ1) is 9.59. The Balaban J connectivity index is 2.29. The van der Waals surface area contributed by atoms with Crippen LogP contribution in [0.5, 0.6) is 0 Å². The van der Waals surface area contributed by atoms with Crippen molar-refractivity contribution in [1.82, 2.24) is 19.8 Å². The molecule has 2 aromatic rings. The number of hydrogen-bond acceptors (Lipinski definition) is 5. The summed E-state index contributed by atoms with van der Waals surface area (Å²) in [6.07, 6.45) is 1.54. The molecule has 2 rings (SSSR count). The van der Waals surface area contributed by atoms with E-state index in [4.69, 9.17) is 0 Å². The van der Waals surface area contributed by atoms with Gasteiger partial charge in [-0.3, -0.25) is 5.10 Å². The third-order valence-electron chi connectivity index (χ3n) is 2.91. The summed E-state index contributed by atoms with van der Waals surface area (Å²) in [5.41, 5.74) is 0.650. The number of nitrogens with zero attached hydrogens (tertiary/aromatic N) is 2. The summed E-state index contributed by atoms with van der Waals surface area (Å²) in [4.78, 5) is 1.02. The van der Waals surface area contributed by atoms with Crippen LogP contribution in [0.15, 0.2) is 28.7 Å². The summed E-state index contributed by atoms with van der Waals surface area (Å²) in [5.74, 6) is 0. The molecule has 2 aromatic heterocycles. The van der Waals surface area contributed by atoms with Gasteiger partial charge in [0.1, 0.15) is 0 Å². The number of rotatable bonds is 7. The van der Waals surface area contributed by atoms with Crippen LogP contribution in [0.4, 0.5) is 0 Å². The Kier molecular flexibility index (Phi) is 4.92. The number of sulfonamides is 1. The number of thiophene rings is 1. The minimum Gasteiger partial charge on any atom is -0.316 e. The molecule has 2 heterocycles. The summed E-state index contributed by atoms with van der Waals surface area (Å²) >= 11 is 1.55. The number of H-pyrrole nitrogens is 1. The second kappa shape index (κ2) is 6.49. The van der Waals surface area contributed by atoms with E-state index >= 15 is 0 Å². The fraction of sp³-hybridized carbons (Fsp3) is 0.417. The van der Waals surface area contributed by atoms with E-state index < -0.39 is 10.0 Å². The maximum absolute atomic E-state index is 12.7.